The van der Waals surface area contributed by atoms with Crippen molar-refractivity contribution >= 4 is 29.3 Å². The summed E-state index contributed by atoms with van der Waals surface area (Å²) < 4.78 is 30.8. The normalized spacial score (nSPS) is 16.7. The summed E-state index contributed by atoms with van der Waals surface area (Å²) in [5.74, 6) is -2.99. The maximum Gasteiger partial charge on any atom is 0.341 e. The summed E-state index contributed by atoms with van der Waals surface area (Å²) >= 11 is 0. The zero-order valence-corrected chi connectivity index (χ0v) is 14.0. The lowest BCUT2D eigenvalue weighted by atomic mass is 10.1. The monoisotopic (exact) mass is 370 g/mol. The SMILES string of the molecule is Cl.O=C(O)c1cn(C2CC2)c2c(F)c(CNC3CC3)c(F)cc2c1=O. The molecular weight excluding hydrogens is 354 g/mol. The highest BCUT2D eigenvalue weighted by atomic mass is 35.5. The molecule has 5 nitrogen and oxygen atoms in total. The summed E-state index contributed by atoms with van der Waals surface area (Å²) in [5.41, 5.74) is -1.42. The number of carboxylic acids is 1. The van der Waals surface area contributed by atoms with Crippen molar-refractivity contribution in [1.29, 1.82) is 0 Å². The molecule has 134 valence electrons. The summed E-state index contributed by atoms with van der Waals surface area (Å²) in [7, 11) is 0. The number of carboxylic acid groups (broad SMARTS) is 1. The van der Waals surface area contributed by atoms with E-state index >= 15 is 0 Å². The van der Waals surface area contributed by atoms with E-state index in [2.05, 4.69) is 5.32 Å². The van der Waals surface area contributed by atoms with Gasteiger partial charge in [-0.25, -0.2) is 13.6 Å². The Morgan fingerprint density at radius 1 is 1.28 bits per heavy atom. The summed E-state index contributed by atoms with van der Waals surface area (Å²) in [6.07, 6.45) is 4.73. The van der Waals surface area contributed by atoms with E-state index in [0.29, 0.717) is 6.04 Å². The number of hydrogen-bond donors (Lipinski definition) is 2. The van der Waals surface area contributed by atoms with E-state index in [0.717, 1.165) is 31.7 Å². The highest BCUT2D eigenvalue weighted by molar-refractivity contribution is 5.93. The minimum atomic E-state index is -1.39. The first-order valence-corrected chi connectivity index (χ1v) is 7.99. The van der Waals surface area contributed by atoms with Gasteiger partial charge in [0.15, 0.2) is 5.82 Å². The van der Waals surface area contributed by atoms with Crippen LogP contribution in [0.3, 0.4) is 0 Å². The quantitative estimate of drug-likeness (QED) is 0.848. The van der Waals surface area contributed by atoms with Crippen molar-refractivity contribution in [2.24, 2.45) is 0 Å². The molecule has 2 saturated carbocycles. The Labute approximate surface area is 148 Å². The third-order valence-electron chi connectivity index (χ3n) is 4.62. The van der Waals surface area contributed by atoms with E-state index < -0.39 is 28.6 Å². The predicted molar refractivity (Wildman–Crippen MR) is 90.5 cm³/mol. The first-order chi connectivity index (χ1) is 11.5. The van der Waals surface area contributed by atoms with E-state index in [1.54, 1.807) is 0 Å². The molecule has 1 aromatic carbocycles. The van der Waals surface area contributed by atoms with Gasteiger partial charge in [-0.3, -0.25) is 4.79 Å². The molecule has 2 aliphatic rings. The molecule has 1 heterocycles. The van der Waals surface area contributed by atoms with Crippen LogP contribution in [0.5, 0.6) is 0 Å². The van der Waals surface area contributed by atoms with Crippen molar-refractivity contribution in [3.8, 4) is 0 Å². The Balaban J connectivity index is 0.00000182. The van der Waals surface area contributed by atoms with Gasteiger partial charge in [0, 0.05) is 30.4 Å². The molecule has 0 saturated heterocycles. The van der Waals surface area contributed by atoms with Crippen LogP contribution in [0.4, 0.5) is 8.78 Å². The molecule has 2 N–H and O–H groups in total. The fourth-order valence-electron chi connectivity index (χ4n) is 2.97. The first-order valence-electron chi connectivity index (χ1n) is 7.99. The van der Waals surface area contributed by atoms with Crippen LogP contribution in [-0.2, 0) is 6.54 Å². The number of pyridine rings is 1. The smallest absolute Gasteiger partial charge is 0.341 e. The van der Waals surface area contributed by atoms with Crippen molar-refractivity contribution in [2.75, 3.05) is 0 Å². The van der Waals surface area contributed by atoms with Gasteiger partial charge in [-0.05, 0) is 31.7 Å². The largest absolute Gasteiger partial charge is 0.477 e. The highest BCUT2D eigenvalue weighted by Crippen LogP contribution is 2.38. The Hall–Kier alpha value is -1.99. The van der Waals surface area contributed by atoms with Gasteiger partial charge in [-0.2, -0.15) is 0 Å². The standard InChI is InChI=1S/C17H16F2N2O3.ClH/c18-13-5-10-15(14(19)11(13)6-20-8-1-2-8)21(9-3-4-9)7-12(16(10)22)17(23)24;/h5,7-9,20H,1-4,6H2,(H,23,24);1H. The molecule has 0 atom stereocenters. The summed E-state index contributed by atoms with van der Waals surface area (Å²) in [6, 6.07) is 1.21. The van der Waals surface area contributed by atoms with E-state index in [1.165, 1.54) is 10.8 Å². The summed E-state index contributed by atoms with van der Waals surface area (Å²) in [6.45, 7) is 0.0534. The van der Waals surface area contributed by atoms with Gasteiger partial charge >= 0.3 is 5.97 Å². The Morgan fingerprint density at radius 2 is 1.96 bits per heavy atom. The number of halogens is 3. The van der Waals surface area contributed by atoms with Crippen molar-refractivity contribution in [3.63, 3.8) is 0 Å². The molecule has 0 radical (unpaired) electrons. The average molecular weight is 371 g/mol. The number of hydrogen-bond acceptors (Lipinski definition) is 3. The molecule has 0 spiro atoms. The van der Waals surface area contributed by atoms with E-state index in [4.69, 9.17) is 0 Å². The number of aromatic nitrogens is 1. The minimum absolute atomic E-state index is 0. The van der Waals surface area contributed by atoms with Crippen LogP contribution in [0.15, 0.2) is 17.1 Å². The number of nitrogens with zero attached hydrogens (tertiary/aromatic N) is 1. The molecule has 2 aliphatic carbocycles. The molecule has 4 rings (SSSR count). The third-order valence-corrected chi connectivity index (χ3v) is 4.62. The van der Waals surface area contributed by atoms with Gasteiger partial charge < -0.3 is 15.0 Å². The van der Waals surface area contributed by atoms with Crippen LogP contribution >= 0.6 is 12.4 Å². The second kappa shape index (κ2) is 6.38. The molecule has 0 unspecified atom stereocenters. The van der Waals surface area contributed by atoms with Crippen LogP contribution in [0, 0.1) is 11.6 Å². The second-order valence-corrected chi connectivity index (χ2v) is 6.52. The van der Waals surface area contributed by atoms with Crippen LogP contribution in [0.2, 0.25) is 0 Å². The second-order valence-electron chi connectivity index (χ2n) is 6.52. The number of rotatable bonds is 5. The van der Waals surface area contributed by atoms with Gasteiger partial charge in [-0.15, -0.1) is 12.4 Å². The summed E-state index contributed by atoms with van der Waals surface area (Å²) in [4.78, 5) is 23.6. The molecule has 0 amide bonds. The molecule has 2 fully saturated rings. The number of nitrogens with one attached hydrogen (secondary N) is 1. The Bertz CT molecular complexity index is 920. The lowest BCUT2D eigenvalue weighted by Gasteiger charge is -2.15. The molecule has 8 heteroatoms. The Kier molecular flexibility index (Phi) is 4.55. The molecular formula is C17H17ClF2N2O3. The molecule has 0 bridgehead atoms. The summed E-state index contributed by atoms with van der Waals surface area (Å²) in [5, 5.41) is 12.0. The lowest BCUT2D eigenvalue weighted by Crippen LogP contribution is -2.22. The molecule has 1 aromatic heterocycles. The predicted octanol–water partition coefficient (Wildman–Crippen LogP) is 2.99. The van der Waals surface area contributed by atoms with Gasteiger partial charge in [0.05, 0.1) is 10.9 Å². The van der Waals surface area contributed by atoms with E-state index in [-0.39, 0.29) is 41.5 Å². The van der Waals surface area contributed by atoms with Gasteiger partial charge in [0.2, 0.25) is 5.43 Å². The van der Waals surface area contributed by atoms with Crippen LogP contribution in [0.1, 0.15) is 47.6 Å². The van der Waals surface area contributed by atoms with E-state index in [1.807, 2.05) is 0 Å². The molecule has 2 aromatic rings. The number of benzene rings is 1. The lowest BCUT2D eigenvalue weighted by molar-refractivity contribution is 0.0695. The Morgan fingerprint density at radius 3 is 2.52 bits per heavy atom. The van der Waals surface area contributed by atoms with Gasteiger partial charge in [0.1, 0.15) is 11.4 Å². The van der Waals surface area contributed by atoms with Crippen molar-refractivity contribution in [2.45, 2.75) is 44.3 Å². The van der Waals surface area contributed by atoms with Gasteiger partial charge in [-0.1, -0.05) is 0 Å². The number of carbonyl (C=O) groups is 1. The molecule has 0 aliphatic heterocycles. The number of fused-ring (bicyclic) bond motifs is 1. The fraction of sp³-hybridized carbons (Fsp3) is 0.412. The third kappa shape index (κ3) is 3.14. The van der Waals surface area contributed by atoms with Crippen LogP contribution < -0.4 is 10.7 Å². The maximum absolute atomic E-state index is 15.0. The maximum atomic E-state index is 15.0. The van der Waals surface area contributed by atoms with Gasteiger partial charge in [0.25, 0.3) is 0 Å². The zero-order chi connectivity index (χ0) is 17.0. The van der Waals surface area contributed by atoms with Crippen molar-refractivity contribution in [3.05, 3.63) is 45.2 Å². The van der Waals surface area contributed by atoms with E-state index in [9.17, 15) is 23.5 Å². The first kappa shape index (κ1) is 17.8. The minimum Gasteiger partial charge on any atom is -0.477 e. The molecule has 25 heavy (non-hydrogen) atoms. The van der Waals surface area contributed by atoms with Crippen LogP contribution in [-0.4, -0.2) is 21.7 Å². The highest BCUT2D eigenvalue weighted by Gasteiger charge is 2.30. The fourth-order valence-corrected chi connectivity index (χ4v) is 2.97. The number of aromatic carboxylic acids is 1. The van der Waals surface area contributed by atoms with Crippen molar-refractivity contribution in [1.82, 2.24) is 9.88 Å². The zero-order valence-electron chi connectivity index (χ0n) is 13.2. The average Bonchev–Trinajstić information content (AvgIpc) is 3.41. The van der Waals surface area contributed by atoms with Crippen LogP contribution in [0.25, 0.3) is 10.9 Å². The topological polar surface area (TPSA) is 71.3 Å². The van der Waals surface area contributed by atoms with Crippen molar-refractivity contribution < 1.29 is 18.7 Å².